The van der Waals surface area contributed by atoms with Crippen LogP contribution in [0.1, 0.15) is 68.9 Å². The minimum Gasteiger partial charge on any atom is -0.456 e. The molecule has 0 bridgehead atoms. The number of aromatic nitrogens is 3. The van der Waals surface area contributed by atoms with Crippen molar-refractivity contribution in [3.05, 3.63) is 47.7 Å². The van der Waals surface area contributed by atoms with Crippen molar-refractivity contribution >= 4 is 28.8 Å². The number of carbonyl (C=O) groups is 1. The van der Waals surface area contributed by atoms with E-state index in [9.17, 15) is 4.79 Å². The van der Waals surface area contributed by atoms with Crippen molar-refractivity contribution in [2.75, 3.05) is 11.5 Å². The van der Waals surface area contributed by atoms with Crippen molar-refractivity contribution in [2.24, 2.45) is 0 Å². The predicted octanol–water partition coefficient (Wildman–Crippen LogP) is 4.31. The molecule has 3 aromatic rings. The Labute approximate surface area is 171 Å². The summed E-state index contributed by atoms with van der Waals surface area (Å²) in [5.74, 6) is 0.448. The first-order valence-electron chi connectivity index (χ1n) is 9.83. The van der Waals surface area contributed by atoms with Crippen LogP contribution in [-0.2, 0) is 4.74 Å². The molecule has 7 heteroatoms. The van der Waals surface area contributed by atoms with Crippen LogP contribution < -0.4 is 11.5 Å². The highest BCUT2D eigenvalue weighted by Gasteiger charge is 2.23. The zero-order valence-electron chi connectivity index (χ0n) is 17.6. The van der Waals surface area contributed by atoms with Crippen LogP contribution in [-0.4, -0.2) is 26.1 Å². The molecular weight excluding hydrogens is 366 g/mol. The second-order valence-corrected chi connectivity index (χ2v) is 8.30. The highest BCUT2D eigenvalue weighted by Crippen LogP contribution is 2.35. The maximum Gasteiger partial charge on any atom is 0.338 e. The Morgan fingerprint density at radius 3 is 2.38 bits per heavy atom. The monoisotopic (exact) mass is 395 g/mol. The number of hydrogen-bond acceptors (Lipinski definition) is 6. The minimum absolute atomic E-state index is 0.111. The molecule has 0 spiro atoms. The number of fused-ring (bicyclic) bond motifs is 1. The van der Waals surface area contributed by atoms with Crippen LogP contribution in [0.15, 0.2) is 36.5 Å². The van der Waals surface area contributed by atoms with Gasteiger partial charge in [-0.15, -0.1) is 0 Å². The third-order valence-corrected chi connectivity index (χ3v) is 5.04. The van der Waals surface area contributed by atoms with E-state index in [1.54, 1.807) is 0 Å². The van der Waals surface area contributed by atoms with Gasteiger partial charge < -0.3 is 20.8 Å². The van der Waals surface area contributed by atoms with Gasteiger partial charge in [0, 0.05) is 18.2 Å². The standard InChI is InChI=1S/C22H29N5O2/c1-6-16(14-7-9-15(10-8-14)20(28)29-22(3,4)5)13(2)27-12-11-17-18(27)19(23)26-21(24)25-17/h7-13,16H,6H2,1-5H3,(H4,23,24,25,26). The van der Waals surface area contributed by atoms with Crippen LogP contribution in [0.5, 0.6) is 0 Å². The molecule has 0 fully saturated rings. The molecule has 0 aliphatic carbocycles. The number of ether oxygens (including phenoxy) is 1. The van der Waals surface area contributed by atoms with Gasteiger partial charge in [-0.25, -0.2) is 9.78 Å². The van der Waals surface area contributed by atoms with Crippen molar-refractivity contribution < 1.29 is 9.53 Å². The lowest BCUT2D eigenvalue weighted by Crippen LogP contribution is -2.23. The summed E-state index contributed by atoms with van der Waals surface area (Å²) in [6.07, 6.45) is 2.89. The Morgan fingerprint density at radius 2 is 1.79 bits per heavy atom. The van der Waals surface area contributed by atoms with Crippen molar-refractivity contribution in [2.45, 2.75) is 58.6 Å². The lowest BCUT2D eigenvalue weighted by Gasteiger charge is -2.26. The van der Waals surface area contributed by atoms with Crippen LogP contribution in [0, 0.1) is 0 Å². The smallest absolute Gasteiger partial charge is 0.338 e. The molecule has 0 radical (unpaired) electrons. The maximum atomic E-state index is 12.3. The summed E-state index contributed by atoms with van der Waals surface area (Å²) < 4.78 is 7.54. The van der Waals surface area contributed by atoms with Gasteiger partial charge in [-0.1, -0.05) is 19.1 Å². The van der Waals surface area contributed by atoms with E-state index < -0.39 is 5.60 Å². The van der Waals surface area contributed by atoms with E-state index in [0.29, 0.717) is 11.4 Å². The van der Waals surface area contributed by atoms with E-state index in [2.05, 4.69) is 28.4 Å². The molecular formula is C22H29N5O2. The number of nitrogens with zero attached hydrogens (tertiary/aromatic N) is 3. The molecule has 29 heavy (non-hydrogen) atoms. The number of carbonyl (C=O) groups excluding carboxylic acids is 1. The summed E-state index contributed by atoms with van der Waals surface area (Å²) >= 11 is 0. The summed E-state index contributed by atoms with van der Waals surface area (Å²) in [5, 5.41) is 0. The SMILES string of the molecule is CCC(c1ccc(C(=O)OC(C)(C)C)cc1)C(C)n1ccc2nc(N)nc(N)c21. The first-order chi connectivity index (χ1) is 13.6. The molecule has 7 nitrogen and oxygen atoms in total. The molecule has 3 rings (SSSR count). The third kappa shape index (κ3) is 4.34. The fourth-order valence-corrected chi connectivity index (χ4v) is 3.71. The van der Waals surface area contributed by atoms with E-state index >= 15 is 0 Å². The average molecular weight is 396 g/mol. The van der Waals surface area contributed by atoms with Crippen LogP contribution in [0.4, 0.5) is 11.8 Å². The summed E-state index contributed by atoms with van der Waals surface area (Å²) in [6, 6.07) is 9.65. The second-order valence-electron chi connectivity index (χ2n) is 8.30. The number of rotatable bonds is 5. The number of anilines is 2. The minimum atomic E-state index is -0.517. The Kier molecular flexibility index (Phi) is 5.50. The molecule has 0 amide bonds. The molecule has 4 N–H and O–H groups in total. The fourth-order valence-electron chi connectivity index (χ4n) is 3.71. The summed E-state index contributed by atoms with van der Waals surface area (Å²) in [6.45, 7) is 9.87. The van der Waals surface area contributed by atoms with Gasteiger partial charge in [0.2, 0.25) is 5.95 Å². The van der Waals surface area contributed by atoms with Gasteiger partial charge >= 0.3 is 5.97 Å². The van der Waals surface area contributed by atoms with Crippen LogP contribution in [0.25, 0.3) is 11.0 Å². The largest absolute Gasteiger partial charge is 0.456 e. The Morgan fingerprint density at radius 1 is 1.14 bits per heavy atom. The second kappa shape index (κ2) is 7.73. The summed E-state index contributed by atoms with van der Waals surface area (Å²) in [5.41, 5.74) is 14.5. The van der Waals surface area contributed by atoms with Crippen LogP contribution >= 0.6 is 0 Å². The summed E-state index contributed by atoms with van der Waals surface area (Å²) in [7, 11) is 0. The lowest BCUT2D eigenvalue weighted by molar-refractivity contribution is 0.00695. The average Bonchev–Trinajstić information content (AvgIpc) is 3.05. The quantitative estimate of drug-likeness (QED) is 0.623. The van der Waals surface area contributed by atoms with Crippen LogP contribution in [0.3, 0.4) is 0 Å². The predicted molar refractivity (Wildman–Crippen MR) is 116 cm³/mol. The first-order valence-corrected chi connectivity index (χ1v) is 9.83. The van der Waals surface area contributed by atoms with Crippen LogP contribution in [0.2, 0.25) is 0 Å². The van der Waals surface area contributed by atoms with Gasteiger partial charge in [0.25, 0.3) is 0 Å². The molecule has 2 heterocycles. The lowest BCUT2D eigenvalue weighted by atomic mass is 9.89. The molecule has 2 aromatic heterocycles. The molecule has 1 aromatic carbocycles. The Balaban J connectivity index is 1.89. The molecule has 0 aliphatic heterocycles. The van der Waals surface area contributed by atoms with Gasteiger partial charge in [-0.05, 0) is 57.9 Å². The molecule has 0 saturated heterocycles. The molecule has 0 aliphatic rings. The number of nitrogens with two attached hydrogens (primary N) is 2. The van der Waals surface area contributed by atoms with Crippen molar-refractivity contribution in [3.8, 4) is 0 Å². The maximum absolute atomic E-state index is 12.3. The zero-order chi connectivity index (χ0) is 21.3. The van der Waals surface area contributed by atoms with Gasteiger partial charge in [0.15, 0.2) is 5.82 Å². The van der Waals surface area contributed by atoms with Crippen molar-refractivity contribution in [3.63, 3.8) is 0 Å². The fraction of sp³-hybridized carbons (Fsp3) is 0.409. The van der Waals surface area contributed by atoms with Gasteiger partial charge in [0.1, 0.15) is 11.1 Å². The van der Waals surface area contributed by atoms with E-state index in [1.807, 2.05) is 57.3 Å². The molecule has 154 valence electrons. The number of nitrogen functional groups attached to an aromatic ring is 2. The first kappa shape index (κ1) is 20.6. The van der Waals surface area contributed by atoms with Gasteiger partial charge in [-0.2, -0.15) is 4.98 Å². The Hall–Kier alpha value is -3.09. The normalized spacial score (nSPS) is 14.0. The van der Waals surface area contributed by atoms with Crippen molar-refractivity contribution in [1.82, 2.24) is 14.5 Å². The topological polar surface area (TPSA) is 109 Å². The third-order valence-electron chi connectivity index (χ3n) is 5.04. The Bertz CT molecular complexity index is 1020. The molecule has 2 atom stereocenters. The number of hydrogen-bond donors (Lipinski definition) is 2. The van der Waals surface area contributed by atoms with E-state index in [0.717, 1.165) is 23.0 Å². The highest BCUT2D eigenvalue weighted by molar-refractivity contribution is 5.89. The van der Waals surface area contributed by atoms with E-state index in [1.165, 1.54) is 0 Å². The zero-order valence-corrected chi connectivity index (χ0v) is 17.6. The van der Waals surface area contributed by atoms with E-state index in [-0.39, 0.29) is 23.9 Å². The van der Waals surface area contributed by atoms with E-state index in [4.69, 9.17) is 16.2 Å². The van der Waals surface area contributed by atoms with Crippen molar-refractivity contribution in [1.29, 1.82) is 0 Å². The number of esters is 1. The highest BCUT2D eigenvalue weighted by atomic mass is 16.6. The van der Waals surface area contributed by atoms with Gasteiger partial charge in [-0.3, -0.25) is 0 Å². The molecule has 0 saturated carbocycles. The van der Waals surface area contributed by atoms with Gasteiger partial charge in [0.05, 0.1) is 11.1 Å². The summed E-state index contributed by atoms with van der Waals surface area (Å²) in [4.78, 5) is 20.7. The molecule has 2 unspecified atom stereocenters. The number of benzene rings is 1.